The summed E-state index contributed by atoms with van der Waals surface area (Å²) in [6.07, 6.45) is 2.82. The van der Waals surface area contributed by atoms with Gasteiger partial charge >= 0.3 is 11.9 Å². The highest BCUT2D eigenvalue weighted by Gasteiger charge is 2.47. The van der Waals surface area contributed by atoms with Crippen molar-refractivity contribution >= 4 is 17.7 Å². The Balaban J connectivity index is 0.000000149. The average molecular weight is 201 g/mol. The van der Waals surface area contributed by atoms with Crippen molar-refractivity contribution in [2.24, 2.45) is 0 Å². The number of carbonyl (C=O) groups excluding carboxylic acids is 1. The van der Waals surface area contributed by atoms with Gasteiger partial charge in [0.15, 0.2) is 0 Å². The summed E-state index contributed by atoms with van der Waals surface area (Å²) in [7, 11) is 0. The van der Waals surface area contributed by atoms with Gasteiger partial charge in [-0.05, 0) is 13.0 Å². The van der Waals surface area contributed by atoms with Gasteiger partial charge in [0.05, 0.1) is 0 Å². The molecule has 2 fully saturated rings. The minimum atomic E-state index is -1.82. The summed E-state index contributed by atoms with van der Waals surface area (Å²) in [5.41, 5.74) is 0.317. The lowest BCUT2D eigenvalue weighted by Crippen LogP contribution is -2.64. The lowest BCUT2D eigenvalue weighted by molar-refractivity contribution is -0.159. The van der Waals surface area contributed by atoms with Gasteiger partial charge in [-0.1, -0.05) is 0 Å². The minimum Gasteiger partial charge on any atom is -0.473 e. The van der Waals surface area contributed by atoms with Crippen LogP contribution in [0.1, 0.15) is 19.3 Å². The zero-order chi connectivity index (χ0) is 10.8. The molecule has 0 amide bonds. The molecule has 6 nitrogen and oxygen atoms in total. The van der Waals surface area contributed by atoms with Crippen molar-refractivity contribution in [1.82, 2.24) is 5.32 Å². The van der Waals surface area contributed by atoms with E-state index in [1.807, 2.05) is 0 Å². The van der Waals surface area contributed by atoms with E-state index in [1.165, 1.54) is 6.42 Å². The van der Waals surface area contributed by atoms with Crippen LogP contribution in [0.2, 0.25) is 0 Å². The van der Waals surface area contributed by atoms with E-state index in [0.29, 0.717) is 11.3 Å². The van der Waals surface area contributed by atoms with Crippen molar-refractivity contribution in [2.75, 3.05) is 6.54 Å². The van der Waals surface area contributed by atoms with Crippen molar-refractivity contribution in [1.29, 1.82) is 0 Å². The number of hydrogen-bond acceptors (Lipinski definition) is 4. The Morgan fingerprint density at radius 2 is 1.64 bits per heavy atom. The maximum Gasteiger partial charge on any atom is 0.414 e. The molecule has 1 heterocycles. The smallest absolute Gasteiger partial charge is 0.414 e. The first kappa shape index (κ1) is 10.6. The molecule has 3 N–H and O–H groups in total. The Bertz CT molecular complexity index is 259. The van der Waals surface area contributed by atoms with E-state index >= 15 is 0 Å². The Morgan fingerprint density at radius 3 is 1.71 bits per heavy atom. The molecular formula is C8H11NO5. The normalized spacial score (nSPS) is 21.3. The van der Waals surface area contributed by atoms with Crippen LogP contribution in [-0.2, 0) is 14.4 Å². The zero-order valence-corrected chi connectivity index (χ0v) is 7.45. The molecule has 14 heavy (non-hydrogen) atoms. The van der Waals surface area contributed by atoms with Gasteiger partial charge < -0.3 is 15.5 Å². The van der Waals surface area contributed by atoms with Crippen LogP contribution < -0.4 is 5.32 Å². The second-order valence-electron chi connectivity index (χ2n) is 3.46. The molecule has 2 rings (SSSR count). The highest BCUT2D eigenvalue weighted by atomic mass is 16.4. The van der Waals surface area contributed by atoms with Gasteiger partial charge in [-0.25, -0.2) is 9.59 Å². The number of carboxylic acids is 2. The molecule has 1 saturated carbocycles. The molecule has 0 unspecified atom stereocenters. The van der Waals surface area contributed by atoms with Crippen LogP contribution in [-0.4, -0.2) is 40.0 Å². The van der Waals surface area contributed by atoms with Gasteiger partial charge in [-0.3, -0.25) is 4.79 Å². The van der Waals surface area contributed by atoms with Crippen LogP contribution in [0.5, 0.6) is 0 Å². The van der Waals surface area contributed by atoms with Crippen molar-refractivity contribution < 1.29 is 24.6 Å². The van der Waals surface area contributed by atoms with Crippen molar-refractivity contribution in [2.45, 2.75) is 24.8 Å². The lowest BCUT2D eigenvalue weighted by Gasteiger charge is -2.49. The monoisotopic (exact) mass is 201 g/mol. The maximum atomic E-state index is 10.5. The number of carboxylic acid groups (broad SMARTS) is 2. The third kappa shape index (κ3) is 2.29. The zero-order valence-electron chi connectivity index (χ0n) is 7.45. The summed E-state index contributed by atoms with van der Waals surface area (Å²) in [5.74, 6) is -3.22. The molecule has 0 aromatic rings. The van der Waals surface area contributed by atoms with Gasteiger partial charge in [-0.2, -0.15) is 0 Å². The molecule has 78 valence electrons. The fourth-order valence-corrected chi connectivity index (χ4v) is 1.48. The molecular weight excluding hydrogens is 190 g/mol. The summed E-state index contributed by atoms with van der Waals surface area (Å²) in [4.78, 5) is 28.7. The van der Waals surface area contributed by atoms with Crippen LogP contribution in [0.15, 0.2) is 0 Å². The van der Waals surface area contributed by atoms with E-state index in [1.54, 1.807) is 0 Å². The second-order valence-corrected chi connectivity index (χ2v) is 3.46. The fourth-order valence-electron chi connectivity index (χ4n) is 1.48. The van der Waals surface area contributed by atoms with Gasteiger partial charge in [0.1, 0.15) is 5.78 Å². The summed E-state index contributed by atoms with van der Waals surface area (Å²) < 4.78 is 0. The number of hydrogen-bond donors (Lipinski definition) is 3. The van der Waals surface area contributed by atoms with Gasteiger partial charge in [-0.15, -0.1) is 0 Å². The molecule has 0 aromatic heterocycles. The molecule has 1 saturated heterocycles. The Labute approximate surface area is 79.9 Å². The van der Waals surface area contributed by atoms with Gasteiger partial charge in [0.25, 0.3) is 0 Å². The van der Waals surface area contributed by atoms with E-state index in [4.69, 9.17) is 19.8 Å². The third-order valence-electron chi connectivity index (χ3n) is 2.36. The number of ketones is 1. The molecule has 6 heteroatoms. The Morgan fingerprint density at radius 1 is 1.21 bits per heavy atom. The first-order valence-corrected chi connectivity index (χ1v) is 4.18. The maximum absolute atomic E-state index is 10.5. The lowest BCUT2D eigenvalue weighted by atomic mass is 9.69. The fraction of sp³-hybridized carbons (Fsp3) is 0.625. The largest absolute Gasteiger partial charge is 0.473 e. The van der Waals surface area contributed by atoms with Crippen LogP contribution in [0.4, 0.5) is 0 Å². The summed E-state index contributed by atoms with van der Waals surface area (Å²) in [5, 5.41) is 18.1. The molecule has 1 aliphatic carbocycles. The molecule has 0 radical (unpaired) electrons. The summed E-state index contributed by atoms with van der Waals surface area (Å²) >= 11 is 0. The topological polar surface area (TPSA) is 104 Å². The number of Topliss-reactive ketones (excluding diaryl/α,β-unsaturated/α-hetero) is 1. The number of aliphatic carboxylic acids is 2. The molecule has 1 spiro atoms. The average Bonchev–Trinajstić information content (AvgIpc) is 1.96. The molecule has 2 aliphatic rings. The summed E-state index contributed by atoms with van der Waals surface area (Å²) in [6, 6.07) is 0. The highest BCUT2D eigenvalue weighted by molar-refractivity contribution is 6.27. The van der Waals surface area contributed by atoms with Crippen LogP contribution in [0, 0.1) is 0 Å². The standard InChI is InChI=1S/C6H9NO.C2H2O4/c8-5-3-6(4-5)1-2-7-6;3-1(4)2(5)6/h7H,1-4H2;(H,3,4)(H,5,6). The van der Waals surface area contributed by atoms with Crippen LogP contribution in [0.25, 0.3) is 0 Å². The van der Waals surface area contributed by atoms with Crippen molar-refractivity contribution in [3.8, 4) is 0 Å². The second kappa shape index (κ2) is 3.75. The predicted octanol–water partition coefficient (Wildman–Crippen LogP) is -0.763. The van der Waals surface area contributed by atoms with Crippen molar-refractivity contribution in [3.05, 3.63) is 0 Å². The van der Waals surface area contributed by atoms with E-state index in [0.717, 1.165) is 19.4 Å². The summed E-state index contributed by atoms with van der Waals surface area (Å²) in [6.45, 7) is 1.12. The van der Waals surface area contributed by atoms with Crippen LogP contribution in [0.3, 0.4) is 0 Å². The van der Waals surface area contributed by atoms with E-state index in [9.17, 15) is 4.79 Å². The third-order valence-corrected chi connectivity index (χ3v) is 2.36. The molecule has 0 atom stereocenters. The number of nitrogens with one attached hydrogen (secondary N) is 1. The van der Waals surface area contributed by atoms with E-state index < -0.39 is 11.9 Å². The first-order chi connectivity index (χ1) is 6.45. The molecule has 0 bridgehead atoms. The van der Waals surface area contributed by atoms with Crippen LogP contribution >= 0.6 is 0 Å². The predicted molar refractivity (Wildman–Crippen MR) is 44.9 cm³/mol. The SMILES string of the molecule is O=C(O)C(=O)O.O=C1CC2(CCN2)C1. The Hall–Kier alpha value is -1.43. The van der Waals surface area contributed by atoms with Gasteiger partial charge in [0, 0.05) is 18.4 Å². The van der Waals surface area contributed by atoms with Crippen molar-refractivity contribution in [3.63, 3.8) is 0 Å². The highest BCUT2D eigenvalue weighted by Crippen LogP contribution is 2.36. The molecule has 1 aliphatic heterocycles. The number of rotatable bonds is 0. The number of carbonyl (C=O) groups is 3. The molecule has 0 aromatic carbocycles. The van der Waals surface area contributed by atoms with E-state index in [2.05, 4.69) is 5.32 Å². The quantitative estimate of drug-likeness (QED) is 0.445. The van der Waals surface area contributed by atoms with Gasteiger partial charge in [0.2, 0.25) is 0 Å². The first-order valence-electron chi connectivity index (χ1n) is 4.18. The minimum absolute atomic E-state index is 0.317. The van der Waals surface area contributed by atoms with E-state index in [-0.39, 0.29) is 0 Å². The Kier molecular flexibility index (Phi) is 2.85.